The van der Waals surface area contributed by atoms with E-state index in [0.29, 0.717) is 35.1 Å². The first-order valence-corrected chi connectivity index (χ1v) is 8.28. The molecule has 0 bridgehead atoms. The lowest BCUT2D eigenvalue weighted by molar-refractivity contribution is -0.145. The molecule has 142 valence electrons. The fraction of sp³-hybridized carbons (Fsp3) is 0.300. The molecule has 0 saturated carbocycles. The summed E-state index contributed by atoms with van der Waals surface area (Å²) >= 11 is 0. The number of nitrogens with zero attached hydrogens (tertiary/aromatic N) is 1. The largest absolute Gasteiger partial charge is 0.468 e. The van der Waals surface area contributed by atoms with Gasteiger partial charge in [-0.25, -0.2) is 4.39 Å². The van der Waals surface area contributed by atoms with E-state index < -0.39 is 29.1 Å². The number of hydrogen-bond acceptors (Lipinski definition) is 3. The Hall–Kier alpha value is -2.70. The number of carbonyl (C=O) groups is 1. The normalized spacial score (nSPS) is 19.7. The van der Waals surface area contributed by atoms with Crippen LogP contribution in [-0.2, 0) is 21.1 Å². The van der Waals surface area contributed by atoms with E-state index in [4.69, 9.17) is 4.74 Å². The third-order valence-electron chi connectivity index (χ3n) is 4.93. The highest BCUT2D eigenvalue weighted by Crippen LogP contribution is 2.45. The molecule has 1 aromatic carbocycles. The van der Waals surface area contributed by atoms with E-state index in [1.807, 2.05) is 0 Å². The number of hydrogen-bond donors (Lipinski definition) is 0. The Balaban J connectivity index is 2.07. The van der Waals surface area contributed by atoms with Crippen molar-refractivity contribution in [1.82, 2.24) is 4.98 Å². The molecular formula is C20H17F4NO2. The van der Waals surface area contributed by atoms with Gasteiger partial charge in [0.2, 0.25) is 0 Å². The highest BCUT2D eigenvalue weighted by molar-refractivity contribution is 5.91. The number of methoxy groups -OCH3 is 1. The molecule has 1 heterocycles. The van der Waals surface area contributed by atoms with Gasteiger partial charge in [0.05, 0.1) is 7.11 Å². The van der Waals surface area contributed by atoms with E-state index in [-0.39, 0.29) is 0 Å². The van der Waals surface area contributed by atoms with Gasteiger partial charge in [0.1, 0.15) is 16.9 Å². The lowest BCUT2D eigenvalue weighted by atomic mass is 9.77. The maximum atomic E-state index is 14.1. The van der Waals surface area contributed by atoms with Crippen molar-refractivity contribution in [3.63, 3.8) is 0 Å². The van der Waals surface area contributed by atoms with Crippen molar-refractivity contribution in [2.75, 3.05) is 7.11 Å². The molecule has 0 spiro atoms. The standard InChI is InChI=1S/C20H17F4NO2/c1-12-15(4-3-5-16(12)21)19(18(26)27-2)9-8-13(10-19)14-6-7-17(25-11-14)20(22,23)24/h3-7,10-11H,8-9H2,1-2H3/t19-/m0/s1. The zero-order valence-electron chi connectivity index (χ0n) is 14.7. The summed E-state index contributed by atoms with van der Waals surface area (Å²) < 4.78 is 57.1. The van der Waals surface area contributed by atoms with Crippen molar-refractivity contribution in [3.05, 3.63) is 70.8 Å². The number of alkyl halides is 3. The zero-order chi connectivity index (χ0) is 19.8. The SMILES string of the molecule is COC(=O)[C@]1(c2cccc(F)c2C)C=C(c2ccc(C(F)(F)F)nc2)CC1. The minimum absolute atomic E-state index is 0.334. The fourth-order valence-electron chi connectivity index (χ4n) is 3.51. The van der Waals surface area contributed by atoms with Gasteiger partial charge >= 0.3 is 12.1 Å². The molecule has 7 heteroatoms. The Morgan fingerprint density at radius 1 is 1.22 bits per heavy atom. The average molecular weight is 379 g/mol. The first-order chi connectivity index (χ1) is 12.7. The van der Waals surface area contributed by atoms with Crippen molar-refractivity contribution in [2.24, 2.45) is 0 Å². The number of pyridine rings is 1. The third kappa shape index (κ3) is 3.34. The van der Waals surface area contributed by atoms with Crippen LogP contribution < -0.4 is 0 Å². The lowest BCUT2D eigenvalue weighted by Crippen LogP contribution is -2.34. The van der Waals surface area contributed by atoms with Gasteiger partial charge in [0.15, 0.2) is 0 Å². The van der Waals surface area contributed by atoms with Crippen LogP contribution in [0.1, 0.15) is 35.2 Å². The van der Waals surface area contributed by atoms with E-state index >= 15 is 0 Å². The Morgan fingerprint density at radius 2 is 1.96 bits per heavy atom. The molecule has 1 aliphatic carbocycles. The van der Waals surface area contributed by atoms with Gasteiger partial charge < -0.3 is 4.74 Å². The molecule has 1 aromatic heterocycles. The van der Waals surface area contributed by atoms with Crippen LogP contribution in [0.25, 0.3) is 5.57 Å². The number of aromatic nitrogens is 1. The summed E-state index contributed by atoms with van der Waals surface area (Å²) in [5.41, 5.74) is -0.174. The van der Waals surface area contributed by atoms with Gasteiger partial charge in [0.25, 0.3) is 0 Å². The number of esters is 1. The van der Waals surface area contributed by atoms with Crippen LogP contribution in [0.4, 0.5) is 17.6 Å². The zero-order valence-corrected chi connectivity index (χ0v) is 14.7. The second kappa shape index (κ2) is 6.79. The number of carbonyl (C=O) groups excluding carboxylic acids is 1. The molecule has 0 N–H and O–H groups in total. The summed E-state index contributed by atoms with van der Waals surface area (Å²) in [4.78, 5) is 16.1. The Kier molecular flexibility index (Phi) is 4.80. The third-order valence-corrected chi connectivity index (χ3v) is 4.93. The van der Waals surface area contributed by atoms with Crippen LogP contribution in [0.15, 0.2) is 42.6 Å². The first kappa shape index (κ1) is 19.1. The molecule has 27 heavy (non-hydrogen) atoms. The van der Waals surface area contributed by atoms with E-state index in [1.54, 1.807) is 19.1 Å². The highest BCUT2D eigenvalue weighted by atomic mass is 19.4. The summed E-state index contributed by atoms with van der Waals surface area (Å²) in [6.07, 6.45) is -0.958. The van der Waals surface area contributed by atoms with Crippen LogP contribution in [-0.4, -0.2) is 18.1 Å². The second-order valence-corrected chi connectivity index (χ2v) is 6.47. The molecule has 3 nitrogen and oxygen atoms in total. The van der Waals surface area contributed by atoms with Gasteiger partial charge in [-0.2, -0.15) is 13.2 Å². The topological polar surface area (TPSA) is 39.2 Å². The van der Waals surface area contributed by atoms with Gasteiger partial charge in [-0.1, -0.05) is 24.3 Å². The Morgan fingerprint density at radius 3 is 2.56 bits per heavy atom. The number of halogens is 4. The van der Waals surface area contributed by atoms with Crippen LogP contribution in [0.3, 0.4) is 0 Å². The number of allylic oxidation sites excluding steroid dienone is 1. The predicted molar refractivity (Wildman–Crippen MR) is 91.3 cm³/mol. The lowest BCUT2D eigenvalue weighted by Gasteiger charge is -2.26. The van der Waals surface area contributed by atoms with Crippen LogP contribution >= 0.6 is 0 Å². The molecule has 1 atom stereocenters. The number of benzene rings is 1. The monoisotopic (exact) mass is 379 g/mol. The quantitative estimate of drug-likeness (QED) is 0.566. The van der Waals surface area contributed by atoms with Crippen molar-refractivity contribution in [2.45, 2.75) is 31.4 Å². The van der Waals surface area contributed by atoms with Crippen LogP contribution in [0, 0.1) is 12.7 Å². The Bertz CT molecular complexity index is 903. The van der Waals surface area contributed by atoms with E-state index in [0.717, 1.165) is 12.3 Å². The van der Waals surface area contributed by atoms with E-state index in [9.17, 15) is 22.4 Å². The highest BCUT2D eigenvalue weighted by Gasteiger charge is 2.44. The Labute approximate surface area is 153 Å². The maximum absolute atomic E-state index is 14.1. The van der Waals surface area contributed by atoms with Crippen molar-refractivity contribution >= 4 is 11.5 Å². The summed E-state index contributed by atoms with van der Waals surface area (Å²) in [7, 11) is 1.25. The summed E-state index contributed by atoms with van der Waals surface area (Å²) in [5.74, 6) is -0.972. The molecule has 0 radical (unpaired) electrons. The molecular weight excluding hydrogens is 362 g/mol. The van der Waals surface area contributed by atoms with Crippen LogP contribution in [0.5, 0.6) is 0 Å². The molecule has 0 amide bonds. The minimum atomic E-state index is -4.52. The van der Waals surface area contributed by atoms with Gasteiger partial charge in [0, 0.05) is 6.20 Å². The first-order valence-electron chi connectivity index (χ1n) is 8.28. The van der Waals surface area contributed by atoms with Gasteiger partial charge in [-0.15, -0.1) is 0 Å². The van der Waals surface area contributed by atoms with E-state index in [2.05, 4.69) is 4.98 Å². The summed E-state index contributed by atoms with van der Waals surface area (Å²) in [5, 5.41) is 0. The second-order valence-electron chi connectivity index (χ2n) is 6.47. The number of ether oxygens (including phenoxy) is 1. The molecule has 1 aliphatic rings. The molecule has 3 rings (SSSR count). The fourth-order valence-corrected chi connectivity index (χ4v) is 3.51. The van der Waals surface area contributed by atoms with Crippen molar-refractivity contribution < 1.29 is 27.1 Å². The van der Waals surface area contributed by atoms with Gasteiger partial charge in [-0.3, -0.25) is 9.78 Å². The average Bonchev–Trinajstić information content (AvgIpc) is 3.09. The van der Waals surface area contributed by atoms with Crippen molar-refractivity contribution in [3.8, 4) is 0 Å². The molecule has 0 fully saturated rings. The van der Waals surface area contributed by atoms with Crippen LogP contribution in [0.2, 0.25) is 0 Å². The minimum Gasteiger partial charge on any atom is -0.468 e. The predicted octanol–water partition coefficient (Wildman–Crippen LogP) is 4.84. The maximum Gasteiger partial charge on any atom is 0.433 e. The number of rotatable bonds is 3. The molecule has 2 aromatic rings. The molecule has 0 aliphatic heterocycles. The van der Waals surface area contributed by atoms with Gasteiger partial charge in [-0.05, 0) is 54.2 Å². The molecule has 0 saturated heterocycles. The summed E-state index contributed by atoms with van der Waals surface area (Å²) in [6, 6.07) is 6.73. The molecule has 0 unspecified atom stereocenters. The van der Waals surface area contributed by atoms with E-state index in [1.165, 1.54) is 25.3 Å². The smallest absolute Gasteiger partial charge is 0.433 e. The van der Waals surface area contributed by atoms with Crippen molar-refractivity contribution in [1.29, 1.82) is 0 Å². The summed E-state index contributed by atoms with van der Waals surface area (Å²) in [6.45, 7) is 1.58.